The van der Waals surface area contributed by atoms with E-state index in [1.165, 1.54) is 17.7 Å². The highest BCUT2D eigenvalue weighted by molar-refractivity contribution is 5.43. The summed E-state index contributed by atoms with van der Waals surface area (Å²) in [7, 11) is 0. The van der Waals surface area contributed by atoms with Crippen molar-refractivity contribution in [3.63, 3.8) is 0 Å². The Hall–Kier alpha value is -1.87. The highest BCUT2D eigenvalue weighted by Gasteiger charge is 2.10. The van der Waals surface area contributed by atoms with Crippen molar-refractivity contribution in [1.29, 1.82) is 0 Å². The molecule has 0 amide bonds. The van der Waals surface area contributed by atoms with Crippen molar-refractivity contribution >= 4 is 0 Å². The summed E-state index contributed by atoms with van der Waals surface area (Å²) in [5.41, 5.74) is 10.4. The van der Waals surface area contributed by atoms with Gasteiger partial charge in [0.2, 0.25) is 0 Å². The lowest BCUT2D eigenvalue weighted by molar-refractivity contribution is 0.287. The lowest BCUT2D eigenvalue weighted by atomic mass is 10.1. The molecule has 0 heterocycles. The summed E-state index contributed by atoms with van der Waals surface area (Å²) in [6.07, 6.45) is 0. The Morgan fingerprint density at radius 2 is 1.60 bits per heavy atom. The third-order valence-corrected chi connectivity index (χ3v) is 3.31. The first-order valence-corrected chi connectivity index (χ1v) is 6.69. The molecule has 2 aromatic carbocycles. The van der Waals surface area contributed by atoms with Crippen molar-refractivity contribution in [2.45, 2.75) is 26.8 Å². The van der Waals surface area contributed by atoms with Crippen LogP contribution in [0.1, 0.15) is 28.3 Å². The summed E-state index contributed by atoms with van der Waals surface area (Å²) in [5.74, 6) is 0.625. The molecule has 2 nitrogen and oxygen atoms in total. The number of halogens is 1. The second-order valence-corrected chi connectivity index (χ2v) is 5.20. The van der Waals surface area contributed by atoms with Crippen LogP contribution in [0, 0.1) is 26.6 Å². The van der Waals surface area contributed by atoms with Gasteiger partial charge in [-0.25, -0.2) is 4.39 Å². The van der Waals surface area contributed by atoms with Crippen LogP contribution in [-0.2, 0) is 0 Å². The maximum absolute atomic E-state index is 12.9. The van der Waals surface area contributed by atoms with E-state index in [4.69, 9.17) is 10.5 Å². The van der Waals surface area contributed by atoms with E-state index < -0.39 is 0 Å². The van der Waals surface area contributed by atoms with Gasteiger partial charge in [-0.15, -0.1) is 0 Å². The SMILES string of the molecule is Cc1cc(C)c(OCC(N)c2ccc(F)cc2)c(C)c1. The van der Waals surface area contributed by atoms with Crippen molar-refractivity contribution in [3.8, 4) is 5.75 Å². The fourth-order valence-corrected chi connectivity index (χ4v) is 2.37. The summed E-state index contributed by atoms with van der Waals surface area (Å²) >= 11 is 0. The topological polar surface area (TPSA) is 35.2 Å². The maximum atomic E-state index is 12.9. The van der Waals surface area contributed by atoms with Crippen LogP contribution in [0.2, 0.25) is 0 Å². The lowest BCUT2D eigenvalue weighted by Crippen LogP contribution is -2.19. The predicted molar refractivity (Wildman–Crippen MR) is 79.5 cm³/mol. The average Bonchev–Trinajstić information content (AvgIpc) is 2.38. The normalized spacial score (nSPS) is 12.2. The van der Waals surface area contributed by atoms with Crippen molar-refractivity contribution in [3.05, 3.63) is 64.5 Å². The van der Waals surface area contributed by atoms with Crippen LogP contribution in [0.25, 0.3) is 0 Å². The first-order valence-electron chi connectivity index (χ1n) is 6.69. The van der Waals surface area contributed by atoms with Crippen molar-refractivity contribution in [1.82, 2.24) is 0 Å². The quantitative estimate of drug-likeness (QED) is 0.918. The zero-order chi connectivity index (χ0) is 14.7. The van der Waals surface area contributed by atoms with Crippen molar-refractivity contribution in [2.75, 3.05) is 6.61 Å². The van der Waals surface area contributed by atoms with E-state index >= 15 is 0 Å². The van der Waals surface area contributed by atoms with E-state index in [-0.39, 0.29) is 11.9 Å². The minimum atomic E-state index is -0.268. The molecular weight excluding hydrogens is 253 g/mol. The van der Waals surface area contributed by atoms with Crippen LogP contribution < -0.4 is 10.5 Å². The Labute approximate surface area is 119 Å². The van der Waals surface area contributed by atoms with Gasteiger partial charge in [0.1, 0.15) is 18.2 Å². The van der Waals surface area contributed by atoms with Gasteiger partial charge in [-0.05, 0) is 49.6 Å². The summed E-state index contributed by atoms with van der Waals surface area (Å²) in [4.78, 5) is 0. The third kappa shape index (κ3) is 3.36. The smallest absolute Gasteiger partial charge is 0.125 e. The minimum absolute atomic E-state index is 0.257. The molecule has 0 spiro atoms. The van der Waals surface area contributed by atoms with Gasteiger partial charge in [0, 0.05) is 0 Å². The molecule has 0 fully saturated rings. The molecule has 1 atom stereocenters. The second kappa shape index (κ2) is 6.06. The van der Waals surface area contributed by atoms with E-state index in [1.807, 2.05) is 13.8 Å². The Bertz CT molecular complexity index is 569. The van der Waals surface area contributed by atoms with Crippen molar-refractivity contribution in [2.24, 2.45) is 5.73 Å². The number of rotatable bonds is 4. The minimum Gasteiger partial charge on any atom is -0.491 e. The molecule has 2 rings (SSSR count). The molecule has 0 radical (unpaired) electrons. The van der Waals surface area contributed by atoms with Gasteiger partial charge in [0.25, 0.3) is 0 Å². The third-order valence-electron chi connectivity index (χ3n) is 3.31. The zero-order valence-electron chi connectivity index (χ0n) is 12.1. The molecule has 106 valence electrons. The second-order valence-electron chi connectivity index (χ2n) is 5.20. The monoisotopic (exact) mass is 273 g/mol. The molecule has 0 aliphatic carbocycles. The molecule has 2 aromatic rings. The van der Waals surface area contributed by atoms with E-state index in [1.54, 1.807) is 12.1 Å². The fraction of sp³-hybridized carbons (Fsp3) is 0.294. The van der Waals surface area contributed by atoms with Gasteiger partial charge in [0.15, 0.2) is 0 Å². The van der Waals surface area contributed by atoms with E-state index in [0.717, 1.165) is 22.4 Å². The Kier molecular flexibility index (Phi) is 4.40. The number of nitrogens with two attached hydrogens (primary N) is 1. The van der Waals surface area contributed by atoms with Gasteiger partial charge < -0.3 is 10.5 Å². The Balaban J connectivity index is 2.07. The molecule has 0 saturated carbocycles. The molecule has 1 unspecified atom stereocenters. The number of ether oxygens (including phenoxy) is 1. The Morgan fingerprint density at radius 1 is 1.05 bits per heavy atom. The molecule has 0 aromatic heterocycles. The summed E-state index contributed by atoms with van der Waals surface area (Å²) in [6, 6.07) is 10.1. The first-order chi connectivity index (χ1) is 9.47. The van der Waals surface area contributed by atoms with E-state index in [9.17, 15) is 4.39 Å². The van der Waals surface area contributed by atoms with E-state index in [0.29, 0.717) is 6.61 Å². The highest BCUT2D eigenvalue weighted by Crippen LogP contribution is 2.25. The summed E-state index contributed by atoms with van der Waals surface area (Å²) < 4.78 is 18.7. The number of aryl methyl sites for hydroxylation is 3. The molecule has 0 aliphatic heterocycles. The van der Waals surface area contributed by atoms with Crippen LogP contribution in [-0.4, -0.2) is 6.61 Å². The van der Waals surface area contributed by atoms with Gasteiger partial charge >= 0.3 is 0 Å². The van der Waals surface area contributed by atoms with Crippen LogP contribution in [0.4, 0.5) is 4.39 Å². The molecular formula is C17H20FNO. The first kappa shape index (κ1) is 14.5. The van der Waals surface area contributed by atoms with Gasteiger partial charge in [-0.3, -0.25) is 0 Å². The standard InChI is InChI=1S/C17H20FNO/c1-11-8-12(2)17(13(3)9-11)20-10-16(19)14-4-6-15(18)7-5-14/h4-9,16H,10,19H2,1-3H3. The largest absolute Gasteiger partial charge is 0.491 e. The predicted octanol–water partition coefficient (Wildman–Crippen LogP) is 3.83. The lowest BCUT2D eigenvalue weighted by Gasteiger charge is -2.17. The van der Waals surface area contributed by atoms with Crippen LogP contribution in [0.5, 0.6) is 5.75 Å². The molecule has 20 heavy (non-hydrogen) atoms. The van der Waals surface area contributed by atoms with Crippen LogP contribution in [0.3, 0.4) is 0 Å². The molecule has 0 aliphatic rings. The van der Waals surface area contributed by atoms with Gasteiger partial charge in [-0.1, -0.05) is 29.8 Å². The molecule has 2 N–H and O–H groups in total. The van der Waals surface area contributed by atoms with Crippen LogP contribution >= 0.6 is 0 Å². The van der Waals surface area contributed by atoms with Gasteiger partial charge in [-0.2, -0.15) is 0 Å². The number of hydrogen-bond donors (Lipinski definition) is 1. The van der Waals surface area contributed by atoms with Gasteiger partial charge in [0.05, 0.1) is 6.04 Å². The summed E-state index contributed by atoms with van der Waals surface area (Å²) in [6.45, 7) is 6.49. The molecule has 0 saturated heterocycles. The summed E-state index contributed by atoms with van der Waals surface area (Å²) in [5, 5.41) is 0. The number of benzene rings is 2. The zero-order valence-corrected chi connectivity index (χ0v) is 12.1. The van der Waals surface area contributed by atoms with Crippen LogP contribution in [0.15, 0.2) is 36.4 Å². The maximum Gasteiger partial charge on any atom is 0.125 e. The fourth-order valence-electron chi connectivity index (χ4n) is 2.37. The molecule has 0 bridgehead atoms. The number of hydrogen-bond acceptors (Lipinski definition) is 2. The Morgan fingerprint density at radius 3 is 2.15 bits per heavy atom. The van der Waals surface area contributed by atoms with E-state index in [2.05, 4.69) is 19.1 Å². The molecule has 3 heteroatoms. The highest BCUT2D eigenvalue weighted by atomic mass is 19.1. The van der Waals surface area contributed by atoms with Crippen molar-refractivity contribution < 1.29 is 9.13 Å². The average molecular weight is 273 g/mol.